The molecule has 0 unspecified atom stereocenters. The lowest BCUT2D eigenvalue weighted by Gasteiger charge is -2.56. The van der Waals surface area contributed by atoms with Crippen LogP contribution in [0.5, 0.6) is 0 Å². The first-order valence-corrected chi connectivity index (χ1v) is 11.9. The van der Waals surface area contributed by atoms with Crippen LogP contribution >= 0.6 is 22.7 Å². The first-order chi connectivity index (χ1) is 13.6. The molecule has 5 nitrogen and oxygen atoms in total. The summed E-state index contributed by atoms with van der Waals surface area (Å²) in [5.41, 5.74) is 1.57. The molecule has 2 aromatic heterocycles. The van der Waals surface area contributed by atoms with Crippen molar-refractivity contribution in [2.24, 2.45) is 23.2 Å². The molecule has 7 heteroatoms. The van der Waals surface area contributed by atoms with E-state index in [1.165, 1.54) is 61.2 Å². The van der Waals surface area contributed by atoms with Crippen molar-refractivity contribution in [1.82, 2.24) is 10.3 Å². The molecule has 2 heterocycles. The van der Waals surface area contributed by atoms with E-state index in [2.05, 4.69) is 21.0 Å². The van der Waals surface area contributed by atoms with Gasteiger partial charge in [-0.3, -0.25) is 9.59 Å². The second-order valence-corrected chi connectivity index (χ2v) is 10.8. The quantitative estimate of drug-likeness (QED) is 0.738. The molecule has 4 saturated carbocycles. The highest BCUT2D eigenvalue weighted by molar-refractivity contribution is 7.14. The molecule has 4 aliphatic rings. The minimum atomic E-state index is -0.236. The van der Waals surface area contributed by atoms with Crippen LogP contribution in [0.1, 0.15) is 53.9 Å². The highest BCUT2D eigenvalue weighted by atomic mass is 32.1. The predicted octanol–water partition coefficient (Wildman–Crippen LogP) is 4.33. The summed E-state index contributed by atoms with van der Waals surface area (Å²) in [5, 5.41) is 10.1. The first-order valence-electron chi connectivity index (χ1n) is 10.1. The van der Waals surface area contributed by atoms with Crippen molar-refractivity contribution >= 4 is 39.6 Å². The van der Waals surface area contributed by atoms with Gasteiger partial charge >= 0.3 is 0 Å². The zero-order chi connectivity index (χ0) is 19.1. The lowest BCUT2D eigenvalue weighted by atomic mass is 9.48. The highest BCUT2D eigenvalue weighted by Crippen LogP contribution is 2.61. The van der Waals surface area contributed by atoms with Gasteiger partial charge in [0.15, 0.2) is 5.13 Å². The molecular formula is C21H25N3O2S2. The Balaban J connectivity index is 1.15. The molecule has 0 saturated heterocycles. The van der Waals surface area contributed by atoms with Crippen LogP contribution in [0.4, 0.5) is 5.13 Å². The van der Waals surface area contributed by atoms with Crippen LogP contribution in [0, 0.1) is 23.2 Å². The smallest absolute Gasteiger partial charge is 0.261 e. The van der Waals surface area contributed by atoms with Gasteiger partial charge in [0.05, 0.1) is 17.1 Å². The summed E-state index contributed by atoms with van der Waals surface area (Å²) in [6.07, 6.45) is 9.52. The summed E-state index contributed by atoms with van der Waals surface area (Å²) in [7, 11) is 0. The Bertz CT molecular complexity index is 839. The molecule has 2 N–H and O–H groups in total. The van der Waals surface area contributed by atoms with E-state index < -0.39 is 0 Å². The van der Waals surface area contributed by atoms with Gasteiger partial charge in [-0.25, -0.2) is 4.98 Å². The van der Waals surface area contributed by atoms with Crippen LogP contribution in [-0.2, 0) is 11.2 Å². The Kier molecular flexibility index (Phi) is 4.75. The Hall–Kier alpha value is -1.73. The van der Waals surface area contributed by atoms with Gasteiger partial charge in [0.25, 0.3) is 5.91 Å². The SMILES string of the molecule is O=C(CNC(=O)c1cccs1)Nc1nc(CC23CC4CC(CC(C4)C2)C3)cs1. The second kappa shape index (κ2) is 7.26. The van der Waals surface area contributed by atoms with Gasteiger partial charge in [-0.1, -0.05) is 6.07 Å². The van der Waals surface area contributed by atoms with Crippen LogP contribution < -0.4 is 10.6 Å². The third-order valence-electron chi connectivity index (χ3n) is 6.67. The number of hydrogen-bond acceptors (Lipinski definition) is 5. The highest BCUT2D eigenvalue weighted by Gasteiger charge is 2.50. The molecule has 148 valence electrons. The van der Waals surface area contributed by atoms with E-state index in [0.717, 1.165) is 29.9 Å². The number of thiophene rings is 1. The summed E-state index contributed by atoms with van der Waals surface area (Å²) in [4.78, 5) is 29.4. The van der Waals surface area contributed by atoms with Crippen molar-refractivity contribution < 1.29 is 9.59 Å². The Morgan fingerprint density at radius 3 is 2.46 bits per heavy atom. The molecule has 0 spiro atoms. The maximum Gasteiger partial charge on any atom is 0.261 e. The number of anilines is 1. The fraction of sp³-hybridized carbons (Fsp3) is 0.571. The summed E-state index contributed by atoms with van der Waals surface area (Å²) in [6, 6.07) is 3.57. The van der Waals surface area contributed by atoms with Gasteiger partial charge in [-0.2, -0.15) is 0 Å². The standard InChI is InChI=1S/C21H25N3O2S2/c25-18(11-22-19(26)17-2-1-3-27-17)24-20-23-16(12-28-20)10-21-7-13-4-14(8-21)6-15(5-13)9-21/h1-3,12-15H,4-11H2,(H,22,26)(H,23,24,25). The van der Waals surface area contributed by atoms with Crippen molar-refractivity contribution in [2.75, 3.05) is 11.9 Å². The molecule has 4 aliphatic carbocycles. The topological polar surface area (TPSA) is 71.1 Å². The number of thiazole rings is 1. The third kappa shape index (κ3) is 3.74. The van der Waals surface area contributed by atoms with Gasteiger partial charge in [-0.15, -0.1) is 22.7 Å². The lowest BCUT2D eigenvalue weighted by Crippen LogP contribution is -2.47. The van der Waals surface area contributed by atoms with E-state index in [1.54, 1.807) is 6.07 Å². The van der Waals surface area contributed by atoms with Gasteiger partial charge < -0.3 is 10.6 Å². The predicted molar refractivity (Wildman–Crippen MR) is 112 cm³/mol. The minimum absolute atomic E-state index is 0.0410. The zero-order valence-corrected chi connectivity index (χ0v) is 17.4. The largest absolute Gasteiger partial charge is 0.342 e. The van der Waals surface area contributed by atoms with Crippen molar-refractivity contribution in [2.45, 2.75) is 44.9 Å². The maximum atomic E-state index is 12.2. The summed E-state index contributed by atoms with van der Waals surface area (Å²) < 4.78 is 0. The molecule has 4 bridgehead atoms. The number of rotatable bonds is 6. The van der Waals surface area contributed by atoms with Crippen molar-refractivity contribution in [3.63, 3.8) is 0 Å². The van der Waals surface area contributed by atoms with Crippen LogP contribution in [0.15, 0.2) is 22.9 Å². The van der Waals surface area contributed by atoms with Gasteiger partial charge in [0, 0.05) is 5.38 Å². The third-order valence-corrected chi connectivity index (χ3v) is 8.35. The molecule has 4 fully saturated rings. The number of aromatic nitrogens is 1. The average Bonchev–Trinajstić information content (AvgIpc) is 3.30. The normalized spacial score (nSPS) is 30.4. The van der Waals surface area contributed by atoms with E-state index in [4.69, 9.17) is 0 Å². The van der Waals surface area contributed by atoms with Crippen molar-refractivity contribution in [3.8, 4) is 0 Å². The Labute approximate surface area is 173 Å². The van der Waals surface area contributed by atoms with Gasteiger partial charge in [0.2, 0.25) is 5.91 Å². The zero-order valence-electron chi connectivity index (χ0n) is 15.8. The summed E-state index contributed by atoms with van der Waals surface area (Å²) in [6.45, 7) is -0.0410. The average molecular weight is 416 g/mol. The molecule has 0 atom stereocenters. The molecular weight excluding hydrogens is 390 g/mol. The first kappa shape index (κ1) is 18.3. The number of nitrogens with one attached hydrogen (secondary N) is 2. The lowest BCUT2D eigenvalue weighted by molar-refractivity contribution is -0.115. The summed E-state index contributed by atoms with van der Waals surface area (Å²) >= 11 is 2.85. The number of carbonyl (C=O) groups is 2. The number of nitrogens with zero attached hydrogens (tertiary/aromatic N) is 1. The molecule has 2 amide bonds. The fourth-order valence-corrected chi connectivity index (χ4v) is 7.52. The molecule has 0 radical (unpaired) electrons. The van der Waals surface area contributed by atoms with Crippen LogP contribution in [0.25, 0.3) is 0 Å². The van der Waals surface area contributed by atoms with E-state index in [9.17, 15) is 9.59 Å². The Morgan fingerprint density at radius 2 is 1.82 bits per heavy atom. The molecule has 0 aromatic carbocycles. The van der Waals surface area contributed by atoms with E-state index in [-0.39, 0.29) is 18.4 Å². The van der Waals surface area contributed by atoms with Gasteiger partial charge in [0.1, 0.15) is 0 Å². The van der Waals surface area contributed by atoms with Crippen molar-refractivity contribution in [1.29, 1.82) is 0 Å². The molecule has 2 aromatic rings. The van der Waals surface area contributed by atoms with E-state index in [0.29, 0.717) is 15.4 Å². The monoisotopic (exact) mass is 415 g/mol. The Morgan fingerprint density at radius 1 is 1.11 bits per heavy atom. The fourth-order valence-electron chi connectivity index (χ4n) is 6.16. The van der Waals surface area contributed by atoms with Crippen molar-refractivity contribution in [3.05, 3.63) is 33.5 Å². The van der Waals surface area contributed by atoms with Crippen LogP contribution in [0.2, 0.25) is 0 Å². The number of amides is 2. The molecule has 6 rings (SSSR count). The van der Waals surface area contributed by atoms with Gasteiger partial charge in [-0.05, 0) is 79.6 Å². The number of carbonyl (C=O) groups excluding carboxylic acids is 2. The van der Waals surface area contributed by atoms with Crippen LogP contribution in [0.3, 0.4) is 0 Å². The minimum Gasteiger partial charge on any atom is -0.342 e. The molecule has 0 aliphatic heterocycles. The van der Waals surface area contributed by atoms with E-state index in [1.807, 2.05) is 11.4 Å². The second-order valence-electron chi connectivity index (χ2n) is 8.95. The summed E-state index contributed by atoms with van der Waals surface area (Å²) in [5.74, 6) is 2.37. The maximum absolute atomic E-state index is 12.2. The van der Waals surface area contributed by atoms with E-state index >= 15 is 0 Å². The number of hydrogen-bond donors (Lipinski definition) is 2. The van der Waals surface area contributed by atoms with Crippen LogP contribution in [-0.4, -0.2) is 23.3 Å². The molecule has 28 heavy (non-hydrogen) atoms.